The minimum Gasteiger partial charge on any atom is -0.469 e. The first kappa shape index (κ1) is 10.9. The molecule has 2 rings (SSSR count). The third-order valence-corrected chi connectivity index (χ3v) is 2.58. The Kier molecular flexibility index (Phi) is 3.34. The van der Waals surface area contributed by atoms with E-state index in [1.54, 1.807) is 0 Å². The Morgan fingerprint density at radius 2 is 2.50 bits per heavy atom. The van der Waals surface area contributed by atoms with Crippen molar-refractivity contribution in [1.29, 1.82) is 0 Å². The van der Waals surface area contributed by atoms with E-state index in [0.717, 1.165) is 24.4 Å². The van der Waals surface area contributed by atoms with Crippen LogP contribution in [0, 0.1) is 0 Å². The van der Waals surface area contributed by atoms with Gasteiger partial charge in [0, 0.05) is 25.6 Å². The summed E-state index contributed by atoms with van der Waals surface area (Å²) in [7, 11) is 1.40. The highest BCUT2D eigenvalue weighted by atomic mass is 16.5. The summed E-state index contributed by atoms with van der Waals surface area (Å²) < 4.78 is 6.57. The van der Waals surface area contributed by atoms with Crippen molar-refractivity contribution >= 4 is 12.2 Å². The molecule has 0 aliphatic carbocycles. The first-order chi connectivity index (χ1) is 7.79. The highest BCUT2D eigenvalue weighted by Gasteiger charge is 2.10. The normalized spacial score (nSPS) is 14.3. The van der Waals surface area contributed by atoms with E-state index in [-0.39, 0.29) is 5.97 Å². The number of methoxy groups -OCH3 is 1. The number of aryl methyl sites for hydroxylation is 2. The van der Waals surface area contributed by atoms with E-state index in [1.165, 1.54) is 7.11 Å². The third-order valence-electron chi connectivity index (χ3n) is 2.58. The Balaban J connectivity index is 2.01. The molecule has 0 atom stereocenters. The Labute approximate surface area is 94.1 Å². The molecule has 0 amide bonds. The number of esters is 1. The summed E-state index contributed by atoms with van der Waals surface area (Å²) >= 11 is 0. The average molecular weight is 221 g/mol. The van der Waals surface area contributed by atoms with Gasteiger partial charge in [0.05, 0.1) is 31.5 Å². The molecule has 0 fully saturated rings. The molecule has 5 nitrogen and oxygen atoms in total. The molecule has 0 radical (unpaired) electrons. The molecule has 1 aromatic rings. The van der Waals surface area contributed by atoms with E-state index in [4.69, 9.17) is 0 Å². The zero-order chi connectivity index (χ0) is 11.4. The second-order valence-corrected chi connectivity index (χ2v) is 3.74. The van der Waals surface area contributed by atoms with Crippen LogP contribution in [0.2, 0.25) is 0 Å². The molecule has 0 bridgehead atoms. The van der Waals surface area contributed by atoms with E-state index >= 15 is 0 Å². The number of fused-ring (bicyclic) bond motifs is 1. The summed E-state index contributed by atoms with van der Waals surface area (Å²) in [5, 5.41) is 4.45. The van der Waals surface area contributed by atoms with Crippen molar-refractivity contribution in [2.24, 2.45) is 4.99 Å². The Morgan fingerprint density at radius 3 is 3.31 bits per heavy atom. The van der Waals surface area contributed by atoms with Crippen LogP contribution in [-0.2, 0) is 29.0 Å². The summed E-state index contributed by atoms with van der Waals surface area (Å²) in [6, 6.07) is 2.02. The zero-order valence-corrected chi connectivity index (χ0v) is 9.35. The van der Waals surface area contributed by atoms with Crippen molar-refractivity contribution in [1.82, 2.24) is 9.78 Å². The molecule has 0 saturated carbocycles. The molecule has 0 saturated heterocycles. The Morgan fingerprint density at radius 1 is 1.62 bits per heavy atom. The molecular formula is C11H15N3O2. The van der Waals surface area contributed by atoms with Gasteiger partial charge in [-0.25, -0.2) is 0 Å². The van der Waals surface area contributed by atoms with E-state index in [2.05, 4.69) is 14.8 Å². The van der Waals surface area contributed by atoms with Crippen molar-refractivity contribution < 1.29 is 9.53 Å². The molecule has 0 unspecified atom stereocenters. The van der Waals surface area contributed by atoms with Crippen LogP contribution in [-0.4, -0.2) is 29.1 Å². The lowest BCUT2D eigenvalue weighted by Gasteiger charge is -1.99. The van der Waals surface area contributed by atoms with Gasteiger partial charge in [-0.2, -0.15) is 5.10 Å². The molecule has 2 heterocycles. The average Bonchev–Trinajstić information content (AvgIpc) is 2.56. The topological polar surface area (TPSA) is 56.5 Å². The molecule has 86 valence electrons. The van der Waals surface area contributed by atoms with Gasteiger partial charge < -0.3 is 4.74 Å². The van der Waals surface area contributed by atoms with Crippen LogP contribution in [0.1, 0.15) is 24.2 Å². The molecule has 16 heavy (non-hydrogen) atoms. The molecule has 0 spiro atoms. The number of nitrogens with zero attached hydrogens (tertiary/aromatic N) is 3. The monoisotopic (exact) mass is 221 g/mol. The third kappa shape index (κ3) is 2.48. The van der Waals surface area contributed by atoms with Crippen LogP contribution in [0.3, 0.4) is 0 Å². The van der Waals surface area contributed by atoms with Crippen LogP contribution in [0.4, 0.5) is 0 Å². The highest BCUT2D eigenvalue weighted by molar-refractivity contribution is 5.69. The second-order valence-electron chi connectivity index (χ2n) is 3.74. The predicted molar refractivity (Wildman–Crippen MR) is 59.4 cm³/mol. The van der Waals surface area contributed by atoms with Gasteiger partial charge in [0.2, 0.25) is 0 Å². The Bertz CT molecular complexity index is 409. The van der Waals surface area contributed by atoms with Gasteiger partial charge in [-0.1, -0.05) is 0 Å². The van der Waals surface area contributed by atoms with Crippen LogP contribution in [0.5, 0.6) is 0 Å². The van der Waals surface area contributed by atoms with Gasteiger partial charge >= 0.3 is 5.97 Å². The number of carbonyl (C=O) groups is 1. The standard InChI is InChI=1S/C11H15N3O2/c1-16-11(15)4-3-9-7-10-8-12-5-2-6-14(10)13-9/h5,7H,2-4,6,8H2,1H3. The summed E-state index contributed by atoms with van der Waals surface area (Å²) in [5.74, 6) is -0.193. The number of aromatic nitrogens is 2. The minimum absolute atomic E-state index is 0.193. The number of aliphatic imine (C=N–C) groups is 1. The molecule has 1 aliphatic rings. The van der Waals surface area contributed by atoms with Crippen molar-refractivity contribution in [3.05, 3.63) is 17.5 Å². The van der Waals surface area contributed by atoms with Gasteiger partial charge in [-0.3, -0.25) is 14.5 Å². The van der Waals surface area contributed by atoms with E-state index < -0.39 is 0 Å². The molecule has 0 N–H and O–H groups in total. The van der Waals surface area contributed by atoms with Gasteiger partial charge in [0.25, 0.3) is 0 Å². The molecule has 0 aromatic carbocycles. The SMILES string of the molecule is COC(=O)CCc1cc2n(n1)CCC=NC2. The van der Waals surface area contributed by atoms with Crippen molar-refractivity contribution in [3.8, 4) is 0 Å². The summed E-state index contributed by atoms with van der Waals surface area (Å²) in [6.07, 6.45) is 3.88. The van der Waals surface area contributed by atoms with Crippen LogP contribution < -0.4 is 0 Å². The van der Waals surface area contributed by atoms with Gasteiger partial charge in [0.1, 0.15) is 0 Å². The fraction of sp³-hybridized carbons (Fsp3) is 0.545. The van der Waals surface area contributed by atoms with Gasteiger partial charge in [-0.15, -0.1) is 0 Å². The van der Waals surface area contributed by atoms with E-state index in [0.29, 0.717) is 19.4 Å². The first-order valence-electron chi connectivity index (χ1n) is 5.40. The first-order valence-corrected chi connectivity index (χ1v) is 5.40. The second kappa shape index (κ2) is 4.92. The maximum Gasteiger partial charge on any atom is 0.305 e. The minimum atomic E-state index is -0.193. The fourth-order valence-electron chi connectivity index (χ4n) is 1.72. The number of hydrogen-bond donors (Lipinski definition) is 0. The fourth-order valence-corrected chi connectivity index (χ4v) is 1.72. The van der Waals surface area contributed by atoms with Gasteiger partial charge in [-0.05, 0) is 6.07 Å². The highest BCUT2D eigenvalue weighted by Crippen LogP contribution is 2.11. The van der Waals surface area contributed by atoms with E-state index in [9.17, 15) is 4.79 Å². The van der Waals surface area contributed by atoms with E-state index in [1.807, 2.05) is 17.0 Å². The molecule has 1 aliphatic heterocycles. The van der Waals surface area contributed by atoms with Crippen LogP contribution in [0.15, 0.2) is 11.1 Å². The number of carbonyl (C=O) groups excluding carboxylic acids is 1. The van der Waals surface area contributed by atoms with Crippen molar-refractivity contribution in [2.75, 3.05) is 7.11 Å². The molecular weight excluding hydrogens is 206 g/mol. The summed E-state index contributed by atoms with van der Waals surface area (Å²) in [5.41, 5.74) is 2.06. The lowest BCUT2D eigenvalue weighted by molar-refractivity contribution is -0.140. The summed E-state index contributed by atoms with van der Waals surface area (Å²) in [4.78, 5) is 15.3. The zero-order valence-electron chi connectivity index (χ0n) is 9.35. The predicted octanol–water partition coefficient (Wildman–Crippen LogP) is 0.963. The number of rotatable bonds is 3. The maximum atomic E-state index is 11.0. The van der Waals surface area contributed by atoms with Gasteiger partial charge in [0.15, 0.2) is 0 Å². The quantitative estimate of drug-likeness (QED) is 0.714. The van der Waals surface area contributed by atoms with Crippen molar-refractivity contribution in [3.63, 3.8) is 0 Å². The Hall–Kier alpha value is -1.65. The largest absolute Gasteiger partial charge is 0.469 e. The van der Waals surface area contributed by atoms with Crippen molar-refractivity contribution in [2.45, 2.75) is 32.4 Å². The maximum absolute atomic E-state index is 11.0. The lowest BCUT2D eigenvalue weighted by atomic mass is 10.2. The van der Waals surface area contributed by atoms with Crippen LogP contribution >= 0.6 is 0 Å². The smallest absolute Gasteiger partial charge is 0.305 e. The number of hydrogen-bond acceptors (Lipinski definition) is 4. The molecule has 1 aromatic heterocycles. The van der Waals surface area contributed by atoms with Crippen LogP contribution in [0.25, 0.3) is 0 Å². The molecule has 5 heteroatoms. The lowest BCUT2D eigenvalue weighted by Crippen LogP contribution is -2.04. The summed E-state index contributed by atoms with van der Waals surface area (Å²) in [6.45, 7) is 1.56. The number of ether oxygens (including phenoxy) is 1.